The number of aromatic amines is 1. The number of H-pyrrole nitrogens is 1. The zero-order valence-electron chi connectivity index (χ0n) is 22.5. The van der Waals surface area contributed by atoms with Crippen molar-refractivity contribution in [2.45, 2.75) is 50.7 Å². The van der Waals surface area contributed by atoms with Crippen LogP contribution in [0.1, 0.15) is 65.7 Å². The number of carbonyl (C=O) groups excluding carboxylic acids is 2. The highest BCUT2D eigenvalue weighted by Gasteiger charge is 2.34. The average Bonchev–Trinajstić information content (AvgIpc) is 3.41. The number of ether oxygens (including phenoxy) is 1. The van der Waals surface area contributed by atoms with Crippen molar-refractivity contribution in [3.8, 4) is 0 Å². The van der Waals surface area contributed by atoms with Crippen LogP contribution in [0.3, 0.4) is 0 Å². The predicted octanol–water partition coefficient (Wildman–Crippen LogP) is 4.28. The lowest BCUT2D eigenvalue weighted by Gasteiger charge is -2.32. The number of imidazole rings is 1. The van der Waals surface area contributed by atoms with Crippen molar-refractivity contribution in [2.24, 2.45) is 11.7 Å². The molecule has 1 aliphatic carbocycles. The standard InChI is InChI=1S/C32H36N4O4/c33-31(38)30(23-7-2-1-3-8-23)36-32(39)26-11-5-4-10-25(26)22-15-13-21(14-16-22)19-24-9-6-12-27-29(24)35-28(34-27)20-40-18-17-37/h1-3,6-9,12-16,25-26,30,37H,4-5,10-11,17-20H2,(H2,33,38)(H,34,35)(H,36,39). The zero-order chi connectivity index (χ0) is 27.9. The maximum atomic E-state index is 13.4. The zero-order valence-corrected chi connectivity index (χ0v) is 22.5. The molecule has 40 heavy (non-hydrogen) atoms. The van der Waals surface area contributed by atoms with Crippen LogP contribution in [-0.2, 0) is 27.4 Å². The van der Waals surface area contributed by atoms with Gasteiger partial charge in [-0.05, 0) is 53.5 Å². The van der Waals surface area contributed by atoms with E-state index in [2.05, 4.69) is 40.6 Å². The molecule has 1 heterocycles. The van der Waals surface area contributed by atoms with E-state index in [1.807, 2.05) is 42.5 Å². The molecule has 1 saturated carbocycles. The van der Waals surface area contributed by atoms with E-state index >= 15 is 0 Å². The van der Waals surface area contributed by atoms with E-state index < -0.39 is 11.9 Å². The molecule has 0 bridgehead atoms. The molecule has 2 amide bonds. The van der Waals surface area contributed by atoms with Crippen LogP contribution in [0.2, 0.25) is 0 Å². The van der Waals surface area contributed by atoms with Gasteiger partial charge in [0.05, 0.1) is 24.2 Å². The summed E-state index contributed by atoms with van der Waals surface area (Å²) in [5.74, 6) is -0.0742. The maximum absolute atomic E-state index is 13.4. The Morgan fingerprint density at radius 3 is 2.55 bits per heavy atom. The summed E-state index contributed by atoms with van der Waals surface area (Å²) >= 11 is 0. The first-order valence-corrected chi connectivity index (χ1v) is 13.9. The van der Waals surface area contributed by atoms with Gasteiger partial charge in [0, 0.05) is 5.92 Å². The lowest BCUT2D eigenvalue weighted by atomic mass is 9.74. The second-order valence-corrected chi connectivity index (χ2v) is 10.4. The van der Waals surface area contributed by atoms with Gasteiger partial charge in [-0.3, -0.25) is 9.59 Å². The minimum atomic E-state index is -0.842. The third-order valence-electron chi connectivity index (χ3n) is 7.73. The van der Waals surface area contributed by atoms with Crippen LogP contribution in [0.5, 0.6) is 0 Å². The third-order valence-corrected chi connectivity index (χ3v) is 7.73. The van der Waals surface area contributed by atoms with Crippen molar-refractivity contribution < 1.29 is 19.4 Å². The topological polar surface area (TPSA) is 130 Å². The number of primary amides is 1. The summed E-state index contributed by atoms with van der Waals surface area (Å²) in [4.78, 5) is 33.6. The van der Waals surface area contributed by atoms with Crippen LogP contribution in [0.15, 0.2) is 72.8 Å². The first kappa shape index (κ1) is 27.6. The number of aromatic nitrogens is 2. The van der Waals surface area contributed by atoms with E-state index in [4.69, 9.17) is 20.6 Å². The molecule has 8 heteroatoms. The second kappa shape index (κ2) is 12.9. The fourth-order valence-corrected chi connectivity index (χ4v) is 5.75. The number of aliphatic hydroxyl groups excluding tert-OH is 1. The Bertz CT molecular complexity index is 1430. The number of nitrogens with one attached hydrogen (secondary N) is 2. The summed E-state index contributed by atoms with van der Waals surface area (Å²) in [6, 6.07) is 22.9. The average molecular weight is 541 g/mol. The molecule has 1 fully saturated rings. The van der Waals surface area contributed by atoms with E-state index in [9.17, 15) is 9.59 Å². The molecule has 1 aromatic heterocycles. The van der Waals surface area contributed by atoms with E-state index in [0.717, 1.165) is 65.7 Å². The highest BCUT2D eigenvalue weighted by Crippen LogP contribution is 2.38. The summed E-state index contributed by atoms with van der Waals surface area (Å²) in [7, 11) is 0. The number of nitrogens with zero attached hydrogens (tertiary/aromatic N) is 1. The number of fused-ring (bicyclic) bond motifs is 1. The monoisotopic (exact) mass is 540 g/mol. The van der Waals surface area contributed by atoms with Gasteiger partial charge in [0.2, 0.25) is 11.8 Å². The molecular formula is C32H36N4O4. The van der Waals surface area contributed by atoms with Crippen LogP contribution >= 0.6 is 0 Å². The number of amides is 2. The number of aliphatic hydroxyl groups is 1. The molecule has 0 radical (unpaired) electrons. The van der Waals surface area contributed by atoms with Crippen LogP contribution in [0.25, 0.3) is 11.0 Å². The van der Waals surface area contributed by atoms with Gasteiger partial charge in [-0.1, -0.05) is 79.6 Å². The second-order valence-electron chi connectivity index (χ2n) is 10.4. The smallest absolute Gasteiger partial charge is 0.244 e. The lowest BCUT2D eigenvalue weighted by molar-refractivity contribution is -0.131. The fourth-order valence-electron chi connectivity index (χ4n) is 5.75. The van der Waals surface area contributed by atoms with Crippen LogP contribution in [0.4, 0.5) is 0 Å². The normalized spacial score (nSPS) is 17.9. The number of para-hydroxylation sites is 1. The third kappa shape index (κ3) is 6.41. The Kier molecular flexibility index (Phi) is 8.88. The molecule has 4 aromatic rings. The summed E-state index contributed by atoms with van der Waals surface area (Å²) in [6.45, 7) is 0.582. The quantitative estimate of drug-likeness (QED) is 0.211. The Morgan fingerprint density at radius 1 is 1.02 bits per heavy atom. The van der Waals surface area contributed by atoms with Crippen LogP contribution in [0, 0.1) is 5.92 Å². The van der Waals surface area contributed by atoms with E-state index in [-0.39, 0.29) is 31.0 Å². The fraction of sp³-hybridized carbons (Fsp3) is 0.344. The van der Waals surface area contributed by atoms with Crippen molar-refractivity contribution >= 4 is 22.8 Å². The Balaban J connectivity index is 1.29. The number of rotatable bonds is 11. The van der Waals surface area contributed by atoms with E-state index in [1.165, 1.54) is 0 Å². The maximum Gasteiger partial charge on any atom is 0.244 e. The number of nitrogens with two attached hydrogens (primary N) is 1. The van der Waals surface area contributed by atoms with Crippen molar-refractivity contribution in [1.82, 2.24) is 15.3 Å². The predicted molar refractivity (Wildman–Crippen MR) is 153 cm³/mol. The summed E-state index contributed by atoms with van der Waals surface area (Å²) in [6.07, 6.45) is 4.49. The summed E-state index contributed by atoms with van der Waals surface area (Å²) in [5.41, 5.74) is 11.6. The van der Waals surface area contributed by atoms with Gasteiger partial charge < -0.3 is 25.9 Å². The Morgan fingerprint density at radius 2 is 1.80 bits per heavy atom. The SMILES string of the molecule is NC(=O)C(NC(=O)C1CCCCC1c1ccc(Cc2cccc3[nH]c(COCCO)nc23)cc1)c1ccccc1. The van der Waals surface area contributed by atoms with Crippen molar-refractivity contribution in [3.63, 3.8) is 0 Å². The van der Waals surface area contributed by atoms with Gasteiger partial charge in [0.1, 0.15) is 18.5 Å². The van der Waals surface area contributed by atoms with Crippen LogP contribution < -0.4 is 11.1 Å². The van der Waals surface area contributed by atoms with E-state index in [0.29, 0.717) is 12.2 Å². The molecular weight excluding hydrogens is 504 g/mol. The summed E-state index contributed by atoms with van der Waals surface area (Å²) < 4.78 is 5.41. The Hall–Kier alpha value is -4.01. The number of benzene rings is 3. The number of hydrogen-bond acceptors (Lipinski definition) is 5. The van der Waals surface area contributed by atoms with E-state index in [1.54, 1.807) is 0 Å². The molecule has 3 aromatic carbocycles. The van der Waals surface area contributed by atoms with Gasteiger partial charge in [-0.25, -0.2) is 4.98 Å². The number of hydrogen-bond donors (Lipinski definition) is 4. The van der Waals surface area contributed by atoms with Gasteiger partial charge in [-0.15, -0.1) is 0 Å². The van der Waals surface area contributed by atoms with Crippen molar-refractivity contribution in [2.75, 3.05) is 13.2 Å². The van der Waals surface area contributed by atoms with Gasteiger partial charge in [-0.2, -0.15) is 0 Å². The molecule has 0 aliphatic heterocycles. The largest absolute Gasteiger partial charge is 0.394 e. The number of carbonyl (C=O) groups is 2. The van der Waals surface area contributed by atoms with Gasteiger partial charge in [0.15, 0.2) is 0 Å². The highest BCUT2D eigenvalue weighted by atomic mass is 16.5. The molecule has 8 nitrogen and oxygen atoms in total. The van der Waals surface area contributed by atoms with Gasteiger partial charge in [0.25, 0.3) is 0 Å². The van der Waals surface area contributed by atoms with Gasteiger partial charge >= 0.3 is 0 Å². The van der Waals surface area contributed by atoms with Crippen LogP contribution in [-0.4, -0.2) is 40.1 Å². The highest BCUT2D eigenvalue weighted by molar-refractivity contribution is 5.89. The minimum Gasteiger partial charge on any atom is -0.394 e. The molecule has 1 aliphatic rings. The van der Waals surface area contributed by atoms with Crippen molar-refractivity contribution in [1.29, 1.82) is 0 Å². The lowest BCUT2D eigenvalue weighted by Crippen LogP contribution is -2.42. The molecule has 3 unspecified atom stereocenters. The molecule has 3 atom stereocenters. The minimum absolute atomic E-state index is 0.0185. The van der Waals surface area contributed by atoms with Crippen molar-refractivity contribution in [3.05, 3.63) is 101 Å². The molecule has 0 spiro atoms. The molecule has 208 valence electrons. The molecule has 5 N–H and O–H groups in total. The summed E-state index contributed by atoms with van der Waals surface area (Å²) in [5, 5.41) is 11.9. The molecule has 0 saturated heterocycles. The first-order chi connectivity index (χ1) is 19.5. The molecule has 5 rings (SSSR count). The first-order valence-electron chi connectivity index (χ1n) is 13.9. The Labute approximate surface area is 234 Å².